The summed E-state index contributed by atoms with van der Waals surface area (Å²) in [6.45, 7) is 1.11. The first-order chi connectivity index (χ1) is 12.1. The molecule has 0 atom stereocenters. The Labute approximate surface area is 147 Å². The molecule has 0 aromatic heterocycles. The van der Waals surface area contributed by atoms with E-state index in [9.17, 15) is 14.9 Å². The van der Waals surface area contributed by atoms with Gasteiger partial charge in [0.1, 0.15) is 0 Å². The quantitative estimate of drug-likeness (QED) is 0.466. The molecule has 1 aromatic carbocycles. The smallest absolute Gasteiger partial charge is 0.269 e. The Hall–Kier alpha value is -2.46. The van der Waals surface area contributed by atoms with Crippen molar-refractivity contribution in [1.82, 2.24) is 4.90 Å². The summed E-state index contributed by atoms with van der Waals surface area (Å²) < 4.78 is 0. The van der Waals surface area contributed by atoms with Crippen molar-refractivity contribution in [1.29, 1.82) is 5.26 Å². The van der Waals surface area contributed by atoms with Crippen molar-refractivity contribution >= 4 is 17.3 Å². The number of fused-ring (bicyclic) bond motifs is 1. The third kappa shape index (κ3) is 3.80. The number of anilines is 1. The number of nitrogens with zero attached hydrogens (tertiary/aromatic N) is 4. The van der Waals surface area contributed by atoms with Gasteiger partial charge in [-0.3, -0.25) is 19.8 Å². The Kier molecular flexibility index (Phi) is 5.29. The normalized spacial score (nSPS) is 17.4. The van der Waals surface area contributed by atoms with Gasteiger partial charge in [-0.05, 0) is 37.3 Å². The van der Waals surface area contributed by atoms with Gasteiger partial charge in [0.2, 0.25) is 5.91 Å². The van der Waals surface area contributed by atoms with Gasteiger partial charge in [0.25, 0.3) is 5.69 Å². The second kappa shape index (κ2) is 7.62. The maximum Gasteiger partial charge on any atom is 0.269 e. The minimum absolute atomic E-state index is 0.0306. The lowest BCUT2D eigenvalue weighted by atomic mass is 10.0. The molecule has 2 aliphatic rings. The van der Waals surface area contributed by atoms with Gasteiger partial charge in [0.05, 0.1) is 24.1 Å². The third-order valence-corrected chi connectivity index (χ3v) is 5.15. The number of benzene rings is 1. The van der Waals surface area contributed by atoms with Crippen LogP contribution in [0, 0.1) is 21.4 Å². The van der Waals surface area contributed by atoms with Crippen LogP contribution in [0.5, 0.6) is 0 Å². The lowest BCUT2D eigenvalue weighted by molar-refractivity contribution is -0.384. The fourth-order valence-corrected chi connectivity index (χ4v) is 3.89. The molecule has 7 heteroatoms. The van der Waals surface area contributed by atoms with Crippen LogP contribution in [0.3, 0.4) is 0 Å². The highest BCUT2D eigenvalue weighted by atomic mass is 16.6. The molecule has 1 fully saturated rings. The highest BCUT2D eigenvalue weighted by Crippen LogP contribution is 2.31. The molecule has 0 saturated heterocycles. The van der Waals surface area contributed by atoms with Gasteiger partial charge < -0.3 is 4.90 Å². The van der Waals surface area contributed by atoms with Crippen molar-refractivity contribution in [2.75, 3.05) is 24.5 Å². The number of carbonyl (C=O) groups excluding carboxylic acids is 1. The van der Waals surface area contributed by atoms with Crippen LogP contribution in [0.25, 0.3) is 0 Å². The zero-order chi connectivity index (χ0) is 17.8. The number of carbonyl (C=O) groups is 1. The van der Waals surface area contributed by atoms with E-state index in [4.69, 9.17) is 5.26 Å². The Balaban J connectivity index is 1.76. The predicted molar refractivity (Wildman–Crippen MR) is 93.2 cm³/mol. The number of amides is 1. The van der Waals surface area contributed by atoms with Crippen LogP contribution in [0.1, 0.15) is 37.7 Å². The summed E-state index contributed by atoms with van der Waals surface area (Å²) in [5, 5.41) is 20.0. The minimum atomic E-state index is -0.407. The number of rotatable bonds is 5. The molecule has 1 amide bonds. The van der Waals surface area contributed by atoms with E-state index < -0.39 is 4.92 Å². The molecule has 0 radical (unpaired) electrons. The van der Waals surface area contributed by atoms with Crippen molar-refractivity contribution in [2.45, 2.75) is 44.6 Å². The Morgan fingerprint density at radius 3 is 2.80 bits per heavy atom. The topological polar surface area (TPSA) is 90.5 Å². The molecule has 0 unspecified atom stereocenters. The first-order valence-electron chi connectivity index (χ1n) is 8.79. The molecule has 0 bridgehead atoms. The summed E-state index contributed by atoms with van der Waals surface area (Å²) in [6, 6.07) is 7.18. The monoisotopic (exact) mass is 342 g/mol. The lowest BCUT2D eigenvalue weighted by Crippen LogP contribution is -2.45. The van der Waals surface area contributed by atoms with E-state index >= 15 is 0 Å². The van der Waals surface area contributed by atoms with Gasteiger partial charge >= 0.3 is 0 Å². The van der Waals surface area contributed by atoms with Crippen LogP contribution in [0.2, 0.25) is 0 Å². The van der Waals surface area contributed by atoms with Crippen molar-refractivity contribution in [2.24, 2.45) is 0 Å². The number of nitriles is 1. The van der Waals surface area contributed by atoms with E-state index in [0.29, 0.717) is 12.6 Å². The maximum absolute atomic E-state index is 12.9. The van der Waals surface area contributed by atoms with E-state index in [-0.39, 0.29) is 24.7 Å². The number of nitro groups is 1. The number of hydrogen-bond donors (Lipinski definition) is 0. The molecule has 0 N–H and O–H groups in total. The van der Waals surface area contributed by atoms with Crippen LogP contribution in [-0.4, -0.2) is 41.4 Å². The predicted octanol–water partition coefficient (Wildman–Crippen LogP) is 2.64. The molecule has 0 spiro atoms. The van der Waals surface area contributed by atoms with Crippen molar-refractivity contribution in [3.8, 4) is 6.07 Å². The largest absolute Gasteiger partial charge is 0.311 e. The number of hydrogen-bond acceptors (Lipinski definition) is 5. The summed E-state index contributed by atoms with van der Waals surface area (Å²) in [5.74, 6) is -0.0306. The van der Waals surface area contributed by atoms with E-state index in [2.05, 4.69) is 6.07 Å². The van der Waals surface area contributed by atoms with E-state index in [0.717, 1.165) is 49.8 Å². The van der Waals surface area contributed by atoms with Crippen LogP contribution in [0.15, 0.2) is 18.2 Å². The molecular formula is C18H22N4O3. The van der Waals surface area contributed by atoms with Crippen molar-refractivity contribution < 1.29 is 9.72 Å². The molecule has 3 rings (SSSR count). The molecule has 1 aliphatic heterocycles. The first kappa shape index (κ1) is 17.4. The van der Waals surface area contributed by atoms with E-state index in [1.54, 1.807) is 17.0 Å². The van der Waals surface area contributed by atoms with Crippen LogP contribution < -0.4 is 4.90 Å². The Morgan fingerprint density at radius 1 is 1.36 bits per heavy atom. The fraction of sp³-hybridized carbons (Fsp3) is 0.556. The second-order valence-electron chi connectivity index (χ2n) is 6.72. The Bertz CT molecular complexity index is 707. The lowest BCUT2D eigenvalue weighted by Gasteiger charge is -2.32. The van der Waals surface area contributed by atoms with Gasteiger partial charge in [-0.25, -0.2) is 0 Å². The number of non-ortho nitro benzene ring substituents is 1. The molecule has 25 heavy (non-hydrogen) atoms. The molecule has 1 heterocycles. The molecule has 7 nitrogen and oxygen atoms in total. The van der Waals surface area contributed by atoms with E-state index in [1.165, 1.54) is 6.07 Å². The number of aryl methyl sites for hydroxylation is 1. The van der Waals surface area contributed by atoms with Crippen LogP contribution >= 0.6 is 0 Å². The van der Waals surface area contributed by atoms with Gasteiger partial charge in [0, 0.05) is 30.4 Å². The summed E-state index contributed by atoms with van der Waals surface area (Å²) in [6.07, 6.45) is 5.91. The van der Waals surface area contributed by atoms with Gasteiger partial charge in [-0.15, -0.1) is 0 Å². The average Bonchev–Trinajstić information content (AvgIpc) is 3.14. The maximum atomic E-state index is 12.9. The summed E-state index contributed by atoms with van der Waals surface area (Å²) in [4.78, 5) is 27.1. The van der Waals surface area contributed by atoms with Crippen molar-refractivity contribution in [3.05, 3.63) is 33.9 Å². The highest BCUT2D eigenvalue weighted by Gasteiger charge is 2.29. The minimum Gasteiger partial charge on any atom is -0.311 e. The zero-order valence-corrected chi connectivity index (χ0v) is 14.2. The molecule has 132 valence electrons. The SMILES string of the molecule is N#CCN(CC(=O)N1CCCc2cc([N+](=O)[O-])ccc21)C1CCCC1. The average molecular weight is 342 g/mol. The van der Waals surface area contributed by atoms with Crippen molar-refractivity contribution in [3.63, 3.8) is 0 Å². The summed E-state index contributed by atoms with van der Waals surface area (Å²) in [5.41, 5.74) is 1.68. The zero-order valence-electron chi connectivity index (χ0n) is 14.2. The highest BCUT2D eigenvalue weighted by molar-refractivity contribution is 5.96. The van der Waals surface area contributed by atoms with Gasteiger partial charge in [-0.1, -0.05) is 12.8 Å². The van der Waals surface area contributed by atoms with Gasteiger partial charge in [0.15, 0.2) is 0 Å². The standard InChI is InChI=1S/C18H22N4O3/c19-9-11-20(15-5-1-2-6-15)13-18(23)21-10-3-4-14-12-16(22(24)25)7-8-17(14)21/h7-8,12,15H,1-6,10-11,13H2. The molecular weight excluding hydrogens is 320 g/mol. The van der Waals surface area contributed by atoms with Crippen LogP contribution in [-0.2, 0) is 11.2 Å². The summed E-state index contributed by atoms with van der Waals surface area (Å²) >= 11 is 0. The number of nitro benzene ring substituents is 1. The second-order valence-corrected chi connectivity index (χ2v) is 6.72. The first-order valence-corrected chi connectivity index (χ1v) is 8.79. The Morgan fingerprint density at radius 2 is 2.12 bits per heavy atom. The summed E-state index contributed by atoms with van der Waals surface area (Å²) in [7, 11) is 0. The van der Waals surface area contributed by atoms with Gasteiger partial charge in [-0.2, -0.15) is 5.26 Å². The molecule has 1 aromatic rings. The fourth-order valence-electron chi connectivity index (χ4n) is 3.89. The van der Waals surface area contributed by atoms with E-state index in [1.807, 2.05) is 4.90 Å². The third-order valence-electron chi connectivity index (χ3n) is 5.15. The molecule has 1 aliphatic carbocycles. The van der Waals surface area contributed by atoms with Crippen LogP contribution in [0.4, 0.5) is 11.4 Å². The molecule has 1 saturated carbocycles.